The summed E-state index contributed by atoms with van der Waals surface area (Å²) in [6, 6.07) is 8.24. The van der Waals surface area contributed by atoms with Crippen molar-refractivity contribution in [3.05, 3.63) is 24.3 Å². The molecule has 1 unspecified atom stereocenters. The molecule has 24 heavy (non-hydrogen) atoms. The number of hydrogen-bond donors (Lipinski definition) is 0. The number of ether oxygens (including phenoxy) is 1. The Kier molecular flexibility index (Phi) is 5.35. The Morgan fingerprint density at radius 2 is 2.21 bits per heavy atom. The zero-order valence-corrected chi connectivity index (χ0v) is 16.1. The molecule has 1 fully saturated rings. The molecule has 1 aromatic heterocycles. The summed E-state index contributed by atoms with van der Waals surface area (Å²) in [6.07, 6.45) is 2.03. The minimum atomic E-state index is -0.431. The second-order valence-electron chi connectivity index (χ2n) is 7.19. The molecule has 2 heterocycles. The second kappa shape index (κ2) is 7.31. The van der Waals surface area contributed by atoms with Gasteiger partial charge < -0.3 is 9.64 Å². The minimum absolute atomic E-state index is 0.183. The summed E-state index contributed by atoms with van der Waals surface area (Å²) in [5.41, 5.74) is 0.642. The van der Waals surface area contributed by atoms with Crippen LogP contribution in [0.2, 0.25) is 0 Å². The summed E-state index contributed by atoms with van der Waals surface area (Å²) in [6.45, 7) is 7.32. The van der Waals surface area contributed by atoms with E-state index in [2.05, 4.69) is 23.2 Å². The Morgan fingerprint density at radius 3 is 2.96 bits per heavy atom. The number of aromatic nitrogens is 1. The van der Waals surface area contributed by atoms with Gasteiger partial charge in [0.1, 0.15) is 5.60 Å². The smallest absolute Gasteiger partial charge is 0.410 e. The standard InChI is InChI=1S/C18H24N2O2S2/c1-18(2,3)22-17(21)20-10-6-7-13(11-20)12-23-16-19-14-8-4-5-9-15(14)24-16/h4-5,8-9,13H,6-7,10-12H2,1-3H3. The molecule has 1 amide bonds. The van der Waals surface area contributed by atoms with Crippen LogP contribution in [0.4, 0.5) is 4.79 Å². The predicted octanol–water partition coefficient (Wildman–Crippen LogP) is 5.04. The highest BCUT2D eigenvalue weighted by Gasteiger charge is 2.27. The van der Waals surface area contributed by atoms with Crippen LogP contribution in [-0.2, 0) is 4.74 Å². The number of likely N-dealkylation sites (tertiary alicyclic amines) is 1. The summed E-state index contributed by atoms with van der Waals surface area (Å²) < 4.78 is 7.85. The first-order valence-corrected chi connectivity index (χ1v) is 10.2. The molecule has 3 rings (SSSR count). The molecule has 1 aromatic carbocycles. The molecule has 1 aliphatic rings. The van der Waals surface area contributed by atoms with Crippen molar-refractivity contribution in [2.24, 2.45) is 5.92 Å². The molecular formula is C18H24N2O2S2. The first kappa shape index (κ1) is 17.5. The normalized spacial score (nSPS) is 18.8. The third-order valence-corrected chi connectivity index (χ3v) is 6.30. The topological polar surface area (TPSA) is 42.4 Å². The van der Waals surface area contributed by atoms with Gasteiger partial charge in [0.25, 0.3) is 0 Å². The Hall–Kier alpha value is -1.27. The number of fused-ring (bicyclic) bond motifs is 1. The van der Waals surface area contributed by atoms with Crippen LogP contribution in [0.25, 0.3) is 10.2 Å². The maximum absolute atomic E-state index is 12.2. The van der Waals surface area contributed by atoms with E-state index in [4.69, 9.17) is 4.74 Å². The predicted molar refractivity (Wildman–Crippen MR) is 101 cm³/mol. The molecule has 6 heteroatoms. The van der Waals surface area contributed by atoms with Crippen molar-refractivity contribution in [2.45, 2.75) is 43.6 Å². The van der Waals surface area contributed by atoms with Gasteiger partial charge in [0.15, 0.2) is 4.34 Å². The highest BCUT2D eigenvalue weighted by Crippen LogP contribution is 2.32. The number of benzene rings is 1. The van der Waals surface area contributed by atoms with Gasteiger partial charge in [-0.2, -0.15) is 0 Å². The maximum atomic E-state index is 12.2. The summed E-state index contributed by atoms with van der Waals surface area (Å²) in [4.78, 5) is 18.8. The molecule has 0 bridgehead atoms. The van der Waals surface area contributed by atoms with Crippen molar-refractivity contribution in [3.8, 4) is 0 Å². The summed E-state index contributed by atoms with van der Waals surface area (Å²) in [7, 11) is 0. The van der Waals surface area contributed by atoms with E-state index in [0.29, 0.717) is 5.92 Å². The van der Waals surface area contributed by atoms with Gasteiger partial charge in [0.2, 0.25) is 0 Å². The van der Waals surface area contributed by atoms with E-state index in [1.165, 1.54) is 4.70 Å². The second-order valence-corrected chi connectivity index (χ2v) is 9.49. The molecule has 0 radical (unpaired) electrons. The number of nitrogens with zero attached hydrogens (tertiary/aromatic N) is 2. The van der Waals surface area contributed by atoms with Crippen molar-refractivity contribution in [1.82, 2.24) is 9.88 Å². The quantitative estimate of drug-likeness (QED) is 0.716. The van der Waals surface area contributed by atoms with E-state index in [9.17, 15) is 4.79 Å². The van der Waals surface area contributed by atoms with Crippen LogP contribution >= 0.6 is 23.1 Å². The van der Waals surface area contributed by atoms with Crippen LogP contribution in [-0.4, -0.2) is 40.4 Å². The molecule has 4 nitrogen and oxygen atoms in total. The average Bonchev–Trinajstić information content (AvgIpc) is 2.94. The van der Waals surface area contributed by atoms with Crippen molar-refractivity contribution in [1.29, 1.82) is 0 Å². The van der Waals surface area contributed by atoms with Crippen LogP contribution < -0.4 is 0 Å². The number of carbonyl (C=O) groups is 1. The Bertz CT molecular complexity index is 675. The van der Waals surface area contributed by atoms with Crippen LogP contribution in [0.15, 0.2) is 28.6 Å². The van der Waals surface area contributed by atoms with Crippen molar-refractivity contribution >= 4 is 39.4 Å². The van der Waals surface area contributed by atoms with Crippen molar-refractivity contribution < 1.29 is 9.53 Å². The molecule has 1 aliphatic heterocycles. The Morgan fingerprint density at radius 1 is 1.42 bits per heavy atom. The molecule has 1 saturated heterocycles. The third kappa shape index (κ3) is 4.63. The fourth-order valence-corrected chi connectivity index (χ4v) is 5.01. The zero-order valence-electron chi connectivity index (χ0n) is 14.4. The number of thiazole rings is 1. The maximum Gasteiger partial charge on any atom is 0.410 e. The SMILES string of the molecule is CC(C)(C)OC(=O)N1CCCC(CSc2nc3ccccc3s2)C1. The van der Waals surface area contributed by atoms with Gasteiger partial charge in [0.05, 0.1) is 10.2 Å². The van der Waals surface area contributed by atoms with Crippen molar-refractivity contribution in [3.63, 3.8) is 0 Å². The Balaban J connectivity index is 1.54. The van der Waals surface area contributed by atoms with E-state index in [1.54, 1.807) is 11.3 Å². The number of carbonyl (C=O) groups excluding carboxylic acids is 1. The number of piperidine rings is 1. The number of amides is 1. The minimum Gasteiger partial charge on any atom is -0.444 e. The number of rotatable bonds is 3. The first-order valence-electron chi connectivity index (χ1n) is 8.37. The highest BCUT2D eigenvalue weighted by atomic mass is 32.2. The van der Waals surface area contributed by atoms with Crippen LogP contribution in [0.3, 0.4) is 0 Å². The molecule has 0 saturated carbocycles. The highest BCUT2D eigenvalue weighted by molar-refractivity contribution is 8.01. The number of para-hydroxylation sites is 1. The van der Waals surface area contributed by atoms with E-state index in [1.807, 2.05) is 43.5 Å². The lowest BCUT2D eigenvalue weighted by molar-refractivity contribution is 0.0177. The van der Waals surface area contributed by atoms with Gasteiger partial charge in [-0.05, 0) is 51.7 Å². The van der Waals surface area contributed by atoms with Gasteiger partial charge in [0, 0.05) is 18.8 Å². The van der Waals surface area contributed by atoms with Crippen molar-refractivity contribution in [2.75, 3.05) is 18.8 Å². The third-order valence-electron chi connectivity index (χ3n) is 3.89. The first-order chi connectivity index (χ1) is 11.4. The fourth-order valence-electron chi connectivity index (χ4n) is 2.80. The number of hydrogen-bond acceptors (Lipinski definition) is 5. The average molecular weight is 365 g/mol. The van der Waals surface area contributed by atoms with E-state index in [0.717, 1.165) is 41.5 Å². The summed E-state index contributed by atoms with van der Waals surface area (Å²) in [5.74, 6) is 1.50. The monoisotopic (exact) mass is 364 g/mol. The lowest BCUT2D eigenvalue weighted by Crippen LogP contribution is -2.43. The fraction of sp³-hybridized carbons (Fsp3) is 0.556. The lowest BCUT2D eigenvalue weighted by Gasteiger charge is -2.33. The molecule has 0 spiro atoms. The van der Waals surface area contributed by atoms with Gasteiger partial charge in [-0.25, -0.2) is 9.78 Å². The Labute approximate surface area is 151 Å². The van der Waals surface area contributed by atoms with Gasteiger partial charge in [-0.3, -0.25) is 0 Å². The number of thioether (sulfide) groups is 1. The molecular weight excluding hydrogens is 340 g/mol. The van der Waals surface area contributed by atoms with E-state index < -0.39 is 5.60 Å². The molecule has 1 atom stereocenters. The molecule has 130 valence electrons. The van der Waals surface area contributed by atoms with Gasteiger partial charge in [-0.1, -0.05) is 23.9 Å². The largest absolute Gasteiger partial charge is 0.444 e. The van der Waals surface area contributed by atoms with Gasteiger partial charge in [-0.15, -0.1) is 11.3 Å². The molecule has 0 aliphatic carbocycles. The van der Waals surface area contributed by atoms with E-state index >= 15 is 0 Å². The van der Waals surface area contributed by atoms with Gasteiger partial charge >= 0.3 is 6.09 Å². The van der Waals surface area contributed by atoms with Crippen LogP contribution in [0, 0.1) is 5.92 Å². The summed E-state index contributed by atoms with van der Waals surface area (Å²) in [5, 5.41) is 0. The lowest BCUT2D eigenvalue weighted by atomic mass is 10.0. The zero-order chi connectivity index (χ0) is 17.2. The summed E-state index contributed by atoms with van der Waals surface area (Å²) >= 11 is 3.56. The molecule has 0 N–H and O–H groups in total. The molecule has 2 aromatic rings. The van der Waals surface area contributed by atoms with E-state index in [-0.39, 0.29) is 6.09 Å². The van der Waals surface area contributed by atoms with Crippen LogP contribution in [0.1, 0.15) is 33.6 Å². The van der Waals surface area contributed by atoms with Crippen LogP contribution in [0.5, 0.6) is 0 Å².